The Labute approximate surface area is 185 Å². The lowest BCUT2D eigenvalue weighted by Crippen LogP contribution is -2.36. The molecule has 30 heavy (non-hydrogen) atoms. The standard InChI is InChI=1S/C17H13Cl2FN4O4S2/c1-9(12-4-10(18)2-3-14(12)20)23-16-13(19)5-11(6-21-16)30(27,28)24(17(25)26)15-7-29-8-22-15/h2-9H,1H3,(H,21,23)(H,25,26). The Morgan fingerprint density at radius 2 is 2.03 bits per heavy atom. The molecule has 1 amide bonds. The third-order valence-electron chi connectivity index (χ3n) is 3.93. The highest BCUT2D eigenvalue weighted by Crippen LogP contribution is 2.30. The van der Waals surface area contributed by atoms with E-state index < -0.39 is 32.9 Å². The Morgan fingerprint density at radius 1 is 1.30 bits per heavy atom. The van der Waals surface area contributed by atoms with Crippen LogP contribution >= 0.6 is 34.5 Å². The van der Waals surface area contributed by atoms with E-state index in [1.165, 1.54) is 29.1 Å². The number of nitrogens with zero attached hydrogens (tertiary/aromatic N) is 3. The summed E-state index contributed by atoms with van der Waals surface area (Å²) in [7, 11) is -4.53. The second kappa shape index (κ2) is 8.72. The molecule has 0 spiro atoms. The maximum Gasteiger partial charge on any atom is 0.427 e. The Hall–Kier alpha value is -2.47. The van der Waals surface area contributed by atoms with Gasteiger partial charge in [-0.15, -0.1) is 15.6 Å². The molecule has 0 aliphatic carbocycles. The van der Waals surface area contributed by atoms with Crippen LogP contribution in [0.2, 0.25) is 10.0 Å². The van der Waals surface area contributed by atoms with Gasteiger partial charge in [0.15, 0.2) is 5.82 Å². The summed E-state index contributed by atoms with van der Waals surface area (Å²) in [5.74, 6) is -0.677. The zero-order valence-corrected chi connectivity index (χ0v) is 18.2. The number of carboxylic acid groups (broad SMARTS) is 1. The van der Waals surface area contributed by atoms with Crippen molar-refractivity contribution in [2.75, 3.05) is 9.62 Å². The van der Waals surface area contributed by atoms with Crippen LogP contribution in [0.1, 0.15) is 18.5 Å². The van der Waals surface area contributed by atoms with E-state index in [2.05, 4.69) is 15.3 Å². The first-order valence-corrected chi connectivity index (χ1v) is 11.3. The molecule has 2 N–H and O–H groups in total. The van der Waals surface area contributed by atoms with Crippen molar-refractivity contribution in [1.82, 2.24) is 9.97 Å². The predicted molar refractivity (Wildman–Crippen MR) is 112 cm³/mol. The topological polar surface area (TPSA) is 112 Å². The molecule has 0 aliphatic heterocycles. The molecular weight excluding hydrogens is 478 g/mol. The van der Waals surface area contributed by atoms with E-state index in [1.54, 1.807) is 6.92 Å². The van der Waals surface area contributed by atoms with Gasteiger partial charge >= 0.3 is 6.09 Å². The smallest absolute Gasteiger partial charge is 0.427 e. The minimum absolute atomic E-state index is 0.0815. The van der Waals surface area contributed by atoms with Crippen LogP contribution < -0.4 is 9.62 Å². The van der Waals surface area contributed by atoms with Crippen molar-refractivity contribution in [2.24, 2.45) is 0 Å². The van der Waals surface area contributed by atoms with Crippen LogP contribution in [0.15, 0.2) is 46.2 Å². The van der Waals surface area contributed by atoms with Gasteiger partial charge in [0.2, 0.25) is 0 Å². The lowest BCUT2D eigenvalue weighted by Gasteiger charge is -2.19. The van der Waals surface area contributed by atoms with E-state index in [0.29, 0.717) is 5.02 Å². The van der Waals surface area contributed by atoms with Crippen LogP contribution in [0, 0.1) is 5.82 Å². The number of nitrogens with one attached hydrogen (secondary N) is 1. The van der Waals surface area contributed by atoms with Gasteiger partial charge in [-0.3, -0.25) is 0 Å². The van der Waals surface area contributed by atoms with Gasteiger partial charge in [-0.25, -0.2) is 27.6 Å². The summed E-state index contributed by atoms with van der Waals surface area (Å²) in [6.45, 7) is 1.64. The first kappa shape index (κ1) is 22.2. The van der Waals surface area contributed by atoms with Crippen LogP contribution in [0.3, 0.4) is 0 Å². The number of hydrogen-bond acceptors (Lipinski definition) is 7. The first-order chi connectivity index (χ1) is 14.1. The fourth-order valence-electron chi connectivity index (χ4n) is 2.53. The summed E-state index contributed by atoms with van der Waals surface area (Å²) >= 11 is 13.1. The largest absolute Gasteiger partial charge is 0.464 e. The van der Waals surface area contributed by atoms with Gasteiger partial charge in [-0.1, -0.05) is 23.2 Å². The molecule has 0 saturated carbocycles. The molecule has 1 aromatic carbocycles. The highest BCUT2D eigenvalue weighted by atomic mass is 35.5. The SMILES string of the molecule is CC(Nc1ncc(S(=O)(=O)N(C(=O)O)c2cscn2)cc1Cl)c1cc(Cl)ccc1F. The number of sulfonamides is 1. The van der Waals surface area contributed by atoms with Gasteiger partial charge in [0, 0.05) is 22.2 Å². The van der Waals surface area contributed by atoms with Gasteiger partial charge in [-0.05, 0) is 31.2 Å². The summed E-state index contributed by atoms with van der Waals surface area (Å²) < 4.78 is 39.8. The van der Waals surface area contributed by atoms with E-state index in [0.717, 1.165) is 23.6 Å². The minimum atomic E-state index is -4.53. The Kier molecular flexibility index (Phi) is 6.46. The molecule has 2 heterocycles. The second-order valence-electron chi connectivity index (χ2n) is 5.93. The molecule has 0 radical (unpaired) electrons. The third kappa shape index (κ3) is 4.48. The summed E-state index contributed by atoms with van der Waals surface area (Å²) in [5, 5.41) is 13.8. The average Bonchev–Trinajstić information content (AvgIpc) is 3.18. The number of halogens is 3. The van der Waals surface area contributed by atoms with Crippen molar-refractivity contribution >= 4 is 62.3 Å². The van der Waals surface area contributed by atoms with Crippen molar-refractivity contribution < 1.29 is 22.7 Å². The summed E-state index contributed by atoms with van der Waals surface area (Å²) in [4.78, 5) is 18.8. The van der Waals surface area contributed by atoms with Crippen molar-refractivity contribution in [3.63, 3.8) is 0 Å². The van der Waals surface area contributed by atoms with Crippen molar-refractivity contribution in [3.05, 3.63) is 62.8 Å². The van der Waals surface area contributed by atoms with E-state index in [9.17, 15) is 22.7 Å². The quantitative estimate of drug-likeness (QED) is 0.497. The van der Waals surface area contributed by atoms with Gasteiger partial charge < -0.3 is 10.4 Å². The first-order valence-electron chi connectivity index (χ1n) is 8.14. The number of benzene rings is 1. The molecule has 0 saturated heterocycles. The highest BCUT2D eigenvalue weighted by Gasteiger charge is 2.33. The number of rotatable bonds is 6. The highest BCUT2D eigenvalue weighted by molar-refractivity contribution is 7.93. The van der Waals surface area contributed by atoms with Gasteiger partial charge in [0.1, 0.15) is 16.5 Å². The zero-order valence-electron chi connectivity index (χ0n) is 15.1. The normalized spacial score (nSPS) is 12.4. The molecule has 0 aliphatic rings. The number of aromatic nitrogens is 2. The van der Waals surface area contributed by atoms with Crippen molar-refractivity contribution in [3.8, 4) is 0 Å². The van der Waals surface area contributed by atoms with Crippen LogP contribution in [0.5, 0.6) is 0 Å². The fourth-order valence-corrected chi connectivity index (χ4v) is 4.80. The average molecular weight is 491 g/mol. The Morgan fingerprint density at radius 3 is 2.63 bits per heavy atom. The maximum absolute atomic E-state index is 14.0. The van der Waals surface area contributed by atoms with Crippen molar-refractivity contribution in [1.29, 1.82) is 0 Å². The van der Waals surface area contributed by atoms with Crippen LogP contribution in [-0.4, -0.2) is 29.6 Å². The lowest BCUT2D eigenvalue weighted by molar-refractivity contribution is 0.206. The van der Waals surface area contributed by atoms with E-state index in [-0.39, 0.29) is 26.5 Å². The molecule has 0 bridgehead atoms. The Bertz CT molecular complexity index is 1190. The number of carbonyl (C=O) groups is 1. The number of pyridine rings is 1. The molecule has 158 valence electrons. The molecule has 1 atom stereocenters. The molecule has 2 aromatic heterocycles. The third-order valence-corrected chi connectivity index (χ3v) is 6.67. The van der Waals surface area contributed by atoms with E-state index in [4.69, 9.17) is 23.2 Å². The number of thiazole rings is 1. The molecule has 3 rings (SSSR count). The molecule has 8 nitrogen and oxygen atoms in total. The molecule has 0 fully saturated rings. The van der Waals surface area contributed by atoms with E-state index in [1.807, 2.05) is 0 Å². The monoisotopic (exact) mass is 490 g/mol. The van der Waals surface area contributed by atoms with Gasteiger partial charge in [0.05, 0.1) is 16.6 Å². The zero-order chi connectivity index (χ0) is 22.1. The second-order valence-corrected chi connectivity index (χ2v) is 9.28. The molecule has 1 unspecified atom stereocenters. The van der Waals surface area contributed by atoms with Crippen molar-refractivity contribution in [2.45, 2.75) is 17.9 Å². The summed E-state index contributed by atoms with van der Waals surface area (Å²) in [5.41, 5.74) is 1.56. The number of hydrogen-bond donors (Lipinski definition) is 2. The van der Waals surface area contributed by atoms with Gasteiger partial charge in [0.25, 0.3) is 10.0 Å². The fraction of sp³-hybridized carbons (Fsp3) is 0.118. The van der Waals surface area contributed by atoms with Crippen LogP contribution in [0.4, 0.5) is 20.8 Å². The number of amides is 1. The molecule has 13 heteroatoms. The maximum atomic E-state index is 14.0. The summed E-state index contributed by atoms with van der Waals surface area (Å²) in [6.07, 6.45) is -0.781. The minimum Gasteiger partial charge on any atom is -0.464 e. The van der Waals surface area contributed by atoms with Crippen LogP contribution in [0.25, 0.3) is 0 Å². The van der Waals surface area contributed by atoms with Crippen LogP contribution in [-0.2, 0) is 10.0 Å². The lowest BCUT2D eigenvalue weighted by atomic mass is 10.1. The van der Waals surface area contributed by atoms with Gasteiger partial charge in [-0.2, -0.15) is 0 Å². The Balaban J connectivity index is 1.91. The summed E-state index contributed by atoms with van der Waals surface area (Å²) in [6, 6.07) is 4.53. The van der Waals surface area contributed by atoms with E-state index >= 15 is 0 Å². The molecule has 3 aromatic rings. The number of anilines is 2. The predicted octanol–water partition coefficient (Wildman–Crippen LogP) is 5.03. The molecular formula is C17H13Cl2FN4O4S2.